The van der Waals surface area contributed by atoms with E-state index in [0.717, 1.165) is 37.3 Å². The average molecular weight is 317 g/mol. The minimum Gasteiger partial charge on any atom is -0.345 e. The van der Waals surface area contributed by atoms with Crippen molar-refractivity contribution >= 4 is 5.91 Å². The van der Waals surface area contributed by atoms with Crippen molar-refractivity contribution < 1.29 is 4.79 Å². The molecule has 1 aliphatic rings. The van der Waals surface area contributed by atoms with E-state index in [2.05, 4.69) is 30.5 Å². The molecule has 1 amide bonds. The van der Waals surface area contributed by atoms with Crippen molar-refractivity contribution in [3.63, 3.8) is 0 Å². The van der Waals surface area contributed by atoms with Crippen LogP contribution < -0.4 is 0 Å². The van der Waals surface area contributed by atoms with Crippen molar-refractivity contribution in [1.29, 1.82) is 0 Å². The van der Waals surface area contributed by atoms with Crippen LogP contribution in [-0.4, -0.2) is 68.5 Å². The monoisotopic (exact) mass is 317 g/mol. The Bertz CT molecular complexity index is 634. The van der Waals surface area contributed by atoms with Gasteiger partial charge in [0.1, 0.15) is 0 Å². The van der Waals surface area contributed by atoms with E-state index in [1.54, 1.807) is 31.4 Å². The third kappa shape index (κ3) is 3.42. The summed E-state index contributed by atoms with van der Waals surface area (Å²) in [7, 11) is 3.53. The number of aromatic amines is 2. The number of carbonyl (C=O) groups is 1. The van der Waals surface area contributed by atoms with Crippen molar-refractivity contribution in [3.8, 4) is 0 Å². The second-order valence-corrected chi connectivity index (χ2v) is 6.16. The minimum atomic E-state index is -0.00391. The van der Waals surface area contributed by atoms with E-state index in [-0.39, 0.29) is 11.9 Å². The molecule has 0 radical (unpaired) electrons. The maximum atomic E-state index is 12.3. The molecule has 0 aromatic carbocycles. The second kappa shape index (κ2) is 6.91. The summed E-state index contributed by atoms with van der Waals surface area (Å²) in [6.07, 6.45) is 7.63. The fourth-order valence-corrected chi connectivity index (χ4v) is 3.15. The lowest BCUT2D eigenvalue weighted by molar-refractivity contribution is 0.0820. The zero-order valence-electron chi connectivity index (χ0n) is 13.6. The molecule has 23 heavy (non-hydrogen) atoms. The van der Waals surface area contributed by atoms with E-state index >= 15 is 0 Å². The van der Waals surface area contributed by atoms with Gasteiger partial charge in [-0.25, -0.2) is 0 Å². The van der Waals surface area contributed by atoms with Gasteiger partial charge in [-0.2, -0.15) is 20.5 Å². The van der Waals surface area contributed by atoms with E-state index < -0.39 is 0 Å². The second-order valence-electron chi connectivity index (χ2n) is 6.16. The first-order valence-electron chi connectivity index (χ1n) is 8.00. The van der Waals surface area contributed by atoms with Crippen LogP contribution in [0.25, 0.3) is 0 Å². The number of amides is 1. The molecule has 2 aromatic rings. The van der Waals surface area contributed by atoms with E-state index in [0.29, 0.717) is 5.56 Å². The maximum Gasteiger partial charge on any atom is 0.256 e. The molecular weight excluding hydrogens is 294 g/mol. The summed E-state index contributed by atoms with van der Waals surface area (Å²) in [6, 6.07) is 0.206. The molecule has 1 unspecified atom stereocenters. The van der Waals surface area contributed by atoms with E-state index in [1.807, 2.05) is 0 Å². The SMILES string of the molecule is CN(C)C(=O)c1cn[nH]c1C1CCCCN1CCc1cn[nH]n1. The van der Waals surface area contributed by atoms with E-state index in [4.69, 9.17) is 0 Å². The van der Waals surface area contributed by atoms with Gasteiger partial charge in [0.05, 0.1) is 35.4 Å². The molecule has 1 saturated heterocycles. The molecule has 2 aromatic heterocycles. The fraction of sp³-hybridized carbons (Fsp3) is 0.600. The van der Waals surface area contributed by atoms with Gasteiger partial charge in [0.25, 0.3) is 5.91 Å². The van der Waals surface area contributed by atoms with E-state index in [9.17, 15) is 4.79 Å². The van der Waals surface area contributed by atoms with Crippen molar-refractivity contribution in [3.05, 3.63) is 29.3 Å². The van der Waals surface area contributed by atoms with Gasteiger partial charge in [0, 0.05) is 27.1 Å². The predicted octanol–water partition coefficient (Wildman–Crippen LogP) is 0.999. The lowest BCUT2D eigenvalue weighted by Crippen LogP contribution is -2.36. The number of nitrogens with one attached hydrogen (secondary N) is 2. The molecule has 1 atom stereocenters. The van der Waals surface area contributed by atoms with Crippen LogP contribution in [0.15, 0.2) is 12.4 Å². The highest BCUT2D eigenvalue weighted by Gasteiger charge is 2.29. The highest BCUT2D eigenvalue weighted by Crippen LogP contribution is 2.31. The third-order valence-electron chi connectivity index (χ3n) is 4.37. The minimum absolute atomic E-state index is 0.00391. The molecule has 2 N–H and O–H groups in total. The van der Waals surface area contributed by atoms with Gasteiger partial charge in [0.2, 0.25) is 0 Å². The standard InChI is InChI=1S/C15H23N7O/c1-21(2)15(23)12-10-16-19-14(12)13-5-3-4-7-22(13)8-6-11-9-17-20-18-11/h9-10,13H,3-8H2,1-2H3,(H,16,19)(H,17,18,20). The van der Waals surface area contributed by atoms with Gasteiger partial charge in [0.15, 0.2) is 0 Å². The third-order valence-corrected chi connectivity index (χ3v) is 4.37. The molecule has 0 saturated carbocycles. The number of nitrogens with zero attached hydrogens (tertiary/aromatic N) is 5. The van der Waals surface area contributed by atoms with Gasteiger partial charge in [-0.05, 0) is 19.4 Å². The Balaban J connectivity index is 1.76. The van der Waals surface area contributed by atoms with Crippen molar-refractivity contribution in [1.82, 2.24) is 35.4 Å². The number of hydrogen-bond acceptors (Lipinski definition) is 5. The highest BCUT2D eigenvalue weighted by atomic mass is 16.2. The molecule has 3 heterocycles. The number of piperidine rings is 1. The van der Waals surface area contributed by atoms with E-state index in [1.165, 1.54) is 12.8 Å². The average Bonchev–Trinajstić information content (AvgIpc) is 3.23. The number of hydrogen-bond donors (Lipinski definition) is 2. The summed E-state index contributed by atoms with van der Waals surface area (Å²) in [4.78, 5) is 16.4. The van der Waals surface area contributed by atoms with Gasteiger partial charge in [-0.3, -0.25) is 14.8 Å². The summed E-state index contributed by atoms with van der Waals surface area (Å²) < 4.78 is 0. The molecule has 0 aliphatic carbocycles. The lowest BCUT2D eigenvalue weighted by Gasteiger charge is -2.35. The number of likely N-dealkylation sites (tertiary alicyclic amines) is 1. The largest absolute Gasteiger partial charge is 0.345 e. The maximum absolute atomic E-state index is 12.3. The first-order chi connectivity index (χ1) is 11.2. The van der Waals surface area contributed by atoms with Crippen LogP contribution >= 0.6 is 0 Å². The number of H-pyrrole nitrogens is 2. The van der Waals surface area contributed by atoms with Crippen LogP contribution in [0.5, 0.6) is 0 Å². The van der Waals surface area contributed by atoms with Crippen LogP contribution in [0.3, 0.4) is 0 Å². The molecule has 0 spiro atoms. The van der Waals surface area contributed by atoms with Gasteiger partial charge in [-0.1, -0.05) is 6.42 Å². The van der Waals surface area contributed by atoms with Crippen molar-refractivity contribution in [2.75, 3.05) is 27.2 Å². The molecule has 1 fully saturated rings. The van der Waals surface area contributed by atoms with Crippen molar-refractivity contribution in [2.24, 2.45) is 0 Å². The Morgan fingerprint density at radius 1 is 1.35 bits per heavy atom. The molecule has 1 aliphatic heterocycles. The Labute approximate surface area is 135 Å². The molecule has 3 rings (SSSR count). The topological polar surface area (TPSA) is 93.8 Å². The van der Waals surface area contributed by atoms with Gasteiger partial charge >= 0.3 is 0 Å². The Hall–Kier alpha value is -2.22. The van der Waals surface area contributed by atoms with Crippen LogP contribution in [-0.2, 0) is 6.42 Å². The quantitative estimate of drug-likeness (QED) is 0.858. The summed E-state index contributed by atoms with van der Waals surface area (Å²) in [6.45, 7) is 1.92. The molecule has 0 bridgehead atoms. The zero-order chi connectivity index (χ0) is 16.2. The Morgan fingerprint density at radius 2 is 2.22 bits per heavy atom. The Kier molecular flexibility index (Phi) is 4.71. The summed E-state index contributed by atoms with van der Waals surface area (Å²) in [5.41, 5.74) is 2.57. The number of aromatic nitrogens is 5. The molecule has 8 heteroatoms. The molecule has 8 nitrogen and oxygen atoms in total. The first kappa shape index (κ1) is 15.7. The summed E-state index contributed by atoms with van der Waals surface area (Å²) in [5.74, 6) is -0.00391. The highest BCUT2D eigenvalue weighted by molar-refractivity contribution is 5.94. The predicted molar refractivity (Wildman–Crippen MR) is 84.9 cm³/mol. The number of carbonyl (C=O) groups excluding carboxylic acids is 1. The number of rotatable bonds is 5. The summed E-state index contributed by atoms with van der Waals surface area (Å²) >= 11 is 0. The van der Waals surface area contributed by atoms with Crippen LogP contribution in [0.2, 0.25) is 0 Å². The van der Waals surface area contributed by atoms with Crippen molar-refractivity contribution in [2.45, 2.75) is 31.7 Å². The summed E-state index contributed by atoms with van der Waals surface area (Å²) in [5, 5.41) is 17.8. The fourth-order valence-electron chi connectivity index (χ4n) is 3.15. The zero-order valence-corrected chi connectivity index (χ0v) is 13.6. The smallest absolute Gasteiger partial charge is 0.256 e. The van der Waals surface area contributed by atoms with Crippen LogP contribution in [0, 0.1) is 0 Å². The lowest BCUT2D eigenvalue weighted by atomic mass is 9.96. The normalized spacial score (nSPS) is 19.0. The first-order valence-corrected chi connectivity index (χ1v) is 8.00. The van der Waals surface area contributed by atoms with Gasteiger partial charge < -0.3 is 4.90 Å². The van der Waals surface area contributed by atoms with Crippen LogP contribution in [0.4, 0.5) is 0 Å². The molecule has 124 valence electrons. The molecular formula is C15H23N7O. The van der Waals surface area contributed by atoms with Gasteiger partial charge in [-0.15, -0.1) is 0 Å². The van der Waals surface area contributed by atoms with Crippen LogP contribution in [0.1, 0.15) is 47.1 Å². The Morgan fingerprint density at radius 3 is 2.96 bits per heavy atom.